The van der Waals surface area contributed by atoms with E-state index in [-0.39, 0.29) is 6.04 Å². The van der Waals surface area contributed by atoms with Crippen molar-refractivity contribution in [3.8, 4) is 5.75 Å². The van der Waals surface area contributed by atoms with Gasteiger partial charge in [-0.25, -0.2) is 0 Å². The highest BCUT2D eigenvalue weighted by Crippen LogP contribution is 2.27. The Morgan fingerprint density at radius 2 is 2.10 bits per heavy atom. The Hall–Kier alpha value is -2.61. The molecule has 1 fully saturated rings. The maximum Gasteiger partial charge on any atom is 0.191 e. The summed E-state index contributed by atoms with van der Waals surface area (Å²) in [5.41, 5.74) is 1.27. The first-order valence-corrected chi connectivity index (χ1v) is 10.4. The largest absolute Gasteiger partial charge is 0.497 e. The van der Waals surface area contributed by atoms with Crippen LogP contribution in [-0.4, -0.2) is 66.0 Å². The summed E-state index contributed by atoms with van der Waals surface area (Å²) in [6.07, 6.45) is 5.17. The summed E-state index contributed by atoms with van der Waals surface area (Å²) in [4.78, 5) is 6.93. The Kier molecular flexibility index (Phi) is 7.86. The van der Waals surface area contributed by atoms with Crippen molar-refractivity contribution in [1.82, 2.24) is 30.3 Å². The van der Waals surface area contributed by atoms with E-state index in [1.807, 2.05) is 13.1 Å². The molecule has 2 heterocycles. The molecule has 0 saturated carbocycles. The zero-order valence-electron chi connectivity index (χ0n) is 17.8. The molecule has 1 aromatic heterocycles. The number of aromatic nitrogens is 3. The first kappa shape index (κ1) is 21.1. The van der Waals surface area contributed by atoms with E-state index in [1.165, 1.54) is 18.4 Å². The van der Waals surface area contributed by atoms with Crippen LogP contribution in [0.2, 0.25) is 0 Å². The van der Waals surface area contributed by atoms with Crippen molar-refractivity contribution in [1.29, 1.82) is 0 Å². The van der Waals surface area contributed by atoms with Gasteiger partial charge in [0.05, 0.1) is 13.2 Å². The zero-order chi connectivity index (χ0) is 20.5. The van der Waals surface area contributed by atoms with Gasteiger partial charge >= 0.3 is 0 Å². The van der Waals surface area contributed by atoms with Gasteiger partial charge < -0.3 is 19.9 Å². The fourth-order valence-electron chi connectivity index (χ4n) is 3.81. The van der Waals surface area contributed by atoms with Crippen molar-refractivity contribution in [3.05, 3.63) is 42.0 Å². The minimum atomic E-state index is 0.288. The fourth-order valence-corrected chi connectivity index (χ4v) is 3.81. The topological polar surface area (TPSA) is 79.6 Å². The van der Waals surface area contributed by atoms with Gasteiger partial charge in [-0.05, 0) is 43.6 Å². The van der Waals surface area contributed by atoms with Crippen LogP contribution in [0.25, 0.3) is 0 Å². The van der Waals surface area contributed by atoms with Crippen LogP contribution >= 0.6 is 0 Å². The quantitative estimate of drug-likeness (QED) is 0.495. The molecule has 29 heavy (non-hydrogen) atoms. The summed E-state index contributed by atoms with van der Waals surface area (Å²) in [5, 5.41) is 15.0. The minimum Gasteiger partial charge on any atom is -0.497 e. The van der Waals surface area contributed by atoms with E-state index >= 15 is 0 Å². The lowest BCUT2D eigenvalue weighted by atomic mass is 10.1. The number of likely N-dealkylation sites (tertiary alicyclic amines) is 1. The molecule has 1 saturated heterocycles. The fraction of sp³-hybridized carbons (Fsp3) is 0.571. The van der Waals surface area contributed by atoms with E-state index in [0.717, 1.165) is 56.7 Å². The number of rotatable bonds is 9. The highest BCUT2D eigenvalue weighted by molar-refractivity contribution is 5.79. The van der Waals surface area contributed by atoms with Gasteiger partial charge in [0.15, 0.2) is 5.96 Å². The Morgan fingerprint density at radius 1 is 1.28 bits per heavy atom. The molecule has 0 spiro atoms. The second-order valence-corrected chi connectivity index (χ2v) is 7.21. The van der Waals surface area contributed by atoms with Crippen molar-refractivity contribution in [3.63, 3.8) is 0 Å². The lowest BCUT2D eigenvalue weighted by molar-refractivity contribution is 0.245. The van der Waals surface area contributed by atoms with Crippen LogP contribution in [0, 0.1) is 0 Å². The Bertz CT molecular complexity index is 783. The normalized spacial score (nSPS) is 16.0. The van der Waals surface area contributed by atoms with E-state index in [0.29, 0.717) is 0 Å². The van der Waals surface area contributed by atoms with Crippen molar-refractivity contribution in [2.45, 2.75) is 38.8 Å². The molecule has 1 unspecified atom stereocenters. The van der Waals surface area contributed by atoms with Crippen molar-refractivity contribution in [2.75, 3.05) is 40.3 Å². The third kappa shape index (κ3) is 5.69. The molecule has 0 aliphatic carbocycles. The molecule has 1 atom stereocenters. The molecule has 158 valence electrons. The van der Waals surface area contributed by atoms with E-state index < -0.39 is 0 Å². The van der Waals surface area contributed by atoms with Crippen LogP contribution in [0.15, 0.2) is 35.6 Å². The monoisotopic (exact) mass is 399 g/mol. The van der Waals surface area contributed by atoms with Crippen LogP contribution in [0.3, 0.4) is 0 Å². The molecule has 0 radical (unpaired) electrons. The van der Waals surface area contributed by atoms with Crippen molar-refractivity contribution >= 4 is 5.96 Å². The van der Waals surface area contributed by atoms with Crippen LogP contribution < -0.4 is 15.4 Å². The molecule has 8 nitrogen and oxygen atoms in total. The Balaban J connectivity index is 1.58. The molecule has 0 amide bonds. The van der Waals surface area contributed by atoms with Crippen molar-refractivity contribution < 1.29 is 4.74 Å². The highest BCUT2D eigenvalue weighted by atomic mass is 16.5. The molecule has 1 aliphatic rings. The zero-order valence-corrected chi connectivity index (χ0v) is 17.8. The number of guanidine groups is 1. The summed E-state index contributed by atoms with van der Waals surface area (Å²) in [6.45, 7) is 6.71. The second kappa shape index (κ2) is 10.8. The van der Waals surface area contributed by atoms with Crippen LogP contribution in [0.1, 0.15) is 37.2 Å². The molecular weight excluding hydrogens is 366 g/mol. The number of benzene rings is 1. The van der Waals surface area contributed by atoms with Gasteiger partial charge in [0.25, 0.3) is 0 Å². The molecule has 0 bridgehead atoms. The molecule has 3 rings (SSSR count). The molecule has 1 aromatic carbocycles. The summed E-state index contributed by atoms with van der Waals surface area (Å²) < 4.78 is 7.51. The highest BCUT2D eigenvalue weighted by Gasteiger charge is 2.24. The number of nitrogens with zero attached hydrogens (tertiary/aromatic N) is 5. The van der Waals surface area contributed by atoms with Gasteiger partial charge in [0, 0.05) is 33.1 Å². The lowest BCUT2D eigenvalue weighted by Gasteiger charge is -2.29. The smallest absolute Gasteiger partial charge is 0.191 e. The predicted molar refractivity (Wildman–Crippen MR) is 115 cm³/mol. The second-order valence-electron chi connectivity index (χ2n) is 7.21. The van der Waals surface area contributed by atoms with Gasteiger partial charge in [-0.15, -0.1) is 10.2 Å². The van der Waals surface area contributed by atoms with Gasteiger partial charge in [-0.2, -0.15) is 0 Å². The summed E-state index contributed by atoms with van der Waals surface area (Å²) in [6, 6.07) is 8.67. The summed E-state index contributed by atoms with van der Waals surface area (Å²) >= 11 is 0. The first-order chi connectivity index (χ1) is 14.2. The number of ether oxygens (including phenoxy) is 1. The van der Waals surface area contributed by atoms with Gasteiger partial charge in [0.2, 0.25) is 0 Å². The van der Waals surface area contributed by atoms with Gasteiger partial charge in [-0.3, -0.25) is 9.89 Å². The number of hydrogen-bond donors (Lipinski definition) is 2. The predicted octanol–water partition coefficient (Wildman–Crippen LogP) is 1.85. The minimum absolute atomic E-state index is 0.288. The molecule has 2 N–H and O–H groups in total. The van der Waals surface area contributed by atoms with Crippen LogP contribution in [-0.2, 0) is 13.0 Å². The maximum atomic E-state index is 5.43. The third-order valence-corrected chi connectivity index (χ3v) is 5.40. The van der Waals surface area contributed by atoms with Gasteiger partial charge in [0.1, 0.15) is 17.9 Å². The molecule has 2 aromatic rings. The van der Waals surface area contributed by atoms with E-state index in [4.69, 9.17) is 4.74 Å². The number of aliphatic imine (C=N–C) groups is 1. The summed E-state index contributed by atoms with van der Waals surface area (Å²) in [7, 11) is 3.52. The average molecular weight is 400 g/mol. The van der Waals surface area contributed by atoms with E-state index in [9.17, 15) is 0 Å². The van der Waals surface area contributed by atoms with E-state index in [2.05, 4.69) is 60.4 Å². The lowest BCUT2D eigenvalue weighted by Crippen LogP contribution is -2.43. The number of hydrogen-bond acceptors (Lipinski definition) is 5. The Morgan fingerprint density at radius 3 is 2.83 bits per heavy atom. The van der Waals surface area contributed by atoms with Gasteiger partial charge in [-0.1, -0.05) is 19.1 Å². The number of aryl methyl sites for hydroxylation is 1. The standard InChI is InChI=1S/C21H33N7O/c1-4-20-26-25-16-28(20)13-10-23-21(22-2)24-15-19(27-11-5-6-12-27)17-8-7-9-18(14-17)29-3/h7-9,14,16,19H,4-6,10-13,15H2,1-3H3,(H2,22,23,24). The maximum absolute atomic E-state index is 5.43. The summed E-state index contributed by atoms with van der Waals surface area (Å²) in [5.74, 6) is 2.71. The van der Waals surface area contributed by atoms with Crippen molar-refractivity contribution in [2.24, 2.45) is 4.99 Å². The van der Waals surface area contributed by atoms with Crippen LogP contribution in [0.4, 0.5) is 0 Å². The molecular formula is C21H33N7O. The first-order valence-electron chi connectivity index (χ1n) is 10.4. The number of nitrogens with one attached hydrogen (secondary N) is 2. The SMILES string of the molecule is CCc1nncn1CCNC(=NC)NCC(c1cccc(OC)c1)N1CCCC1. The van der Waals surface area contributed by atoms with E-state index in [1.54, 1.807) is 13.4 Å². The molecule has 8 heteroatoms. The Labute approximate surface area is 173 Å². The number of methoxy groups -OCH3 is 1. The molecule has 1 aliphatic heterocycles. The third-order valence-electron chi connectivity index (χ3n) is 5.40. The van der Waals surface area contributed by atoms with Crippen LogP contribution in [0.5, 0.6) is 5.75 Å². The average Bonchev–Trinajstić information content (AvgIpc) is 3.45.